The third-order valence-corrected chi connectivity index (χ3v) is 10.2. The first-order chi connectivity index (χ1) is 20.7. The highest BCUT2D eigenvalue weighted by atomic mass is 35.5. The van der Waals surface area contributed by atoms with Crippen molar-refractivity contribution in [3.8, 4) is 17.2 Å². The van der Waals surface area contributed by atoms with Gasteiger partial charge in [0.1, 0.15) is 35.3 Å². The Kier molecular flexibility index (Phi) is 13.3. The van der Waals surface area contributed by atoms with Gasteiger partial charge in [-0.1, -0.05) is 67.3 Å². The number of rotatable bonds is 11. The van der Waals surface area contributed by atoms with Crippen LogP contribution in [0.1, 0.15) is 33.8 Å². The quantitative estimate of drug-likeness (QED) is 0.145. The fourth-order valence-corrected chi connectivity index (χ4v) is 6.76. The van der Waals surface area contributed by atoms with Crippen LogP contribution in [0.5, 0.6) is 17.2 Å². The van der Waals surface area contributed by atoms with Gasteiger partial charge in [-0.2, -0.15) is 0 Å². The van der Waals surface area contributed by atoms with Crippen molar-refractivity contribution >= 4 is 50.0 Å². The maximum atomic E-state index is 13.2. The van der Waals surface area contributed by atoms with E-state index in [-0.39, 0.29) is 36.8 Å². The summed E-state index contributed by atoms with van der Waals surface area (Å²) in [4.78, 5) is 30.6. The van der Waals surface area contributed by atoms with E-state index in [2.05, 4.69) is 29.4 Å². The van der Waals surface area contributed by atoms with Crippen molar-refractivity contribution in [2.75, 3.05) is 59.6 Å². The van der Waals surface area contributed by atoms with E-state index in [0.29, 0.717) is 42.6 Å². The van der Waals surface area contributed by atoms with E-state index in [4.69, 9.17) is 18.9 Å². The number of para-hydroxylation sites is 2. The molecule has 244 valence electrons. The van der Waals surface area contributed by atoms with E-state index in [0.717, 1.165) is 50.3 Å². The average Bonchev–Trinajstić information content (AvgIpc) is 3.01. The lowest BCUT2D eigenvalue weighted by molar-refractivity contribution is -0.144. The number of carbonyl (C=O) groups excluding carboxylic acids is 2. The SMILES string of the molecule is COc1cc([Si](C)(C)C)ccc1C(=O)OCCN1CCN(CCCOC(=O)C2c3ccccc3Oc3ccccc32)CC1.Cl.Cl. The highest BCUT2D eigenvalue weighted by molar-refractivity contribution is 6.88. The molecular formula is C34H44Cl2N2O6Si. The summed E-state index contributed by atoms with van der Waals surface area (Å²) in [5.41, 5.74) is 2.15. The molecule has 1 saturated heterocycles. The van der Waals surface area contributed by atoms with Crippen LogP contribution in [0.2, 0.25) is 19.6 Å². The number of piperazine rings is 1. The van der Waals surface area contributed by atoms with Crippen molar-refractivity contribution in [2.24, 2.45) is 0 Å². The fourth-order valence-electron chi connectivity index (χ4n) is 5.62. The maximum absolute atomic E-state index is 13.2. The second kappa shape index (κ2) is 16.5. The van der Waals surface area contributed by atoms with Crippen molar-refractivity contribution in [3.05, 3.63) is 83.4 Å². The maximum Gasteiger partial charge on any atom is 0.341 e. The molecule has 2 heterocycles. The molecular weight excluding hydrogens is 631 g/mol. The van der Waals surface area contributed by atoms with Gasteiger partial charge in [0.2, 0.25) is 0 Å². The fraction of sp³-hybridized carbons (Fsp3) is 0.412. The summed E-state index contributed by atoms with van der Waals surface area (Å²) in [6, 6.07) is 21.1. The predicted molar refractivity (Wildman–Crippen MR) is 184 cm³/mol. The first-order valence-electron chi connectivity index (χ1n) is 15.1. The van der Waals surface area contributed by atoms with E-state index >= 15 is 0 Å². The number of nitrogens with zero attached hydrogens (tertiary/aromatic N) is 2. The van der Waals surface area contributed by atoms with Gasteiger partial charge in [0.05, 0.1) is 21.8 Å². The molecule has 45 heavy (non-hydrogen) atoms. The van der Waals surface area contributed by atoms with Crippen molar-refractivity contribution in [1.82, 2.24) is 9.80 Å². The van der Waals surface area contributed by atoms with Gasteiger partial charge in [0, 0.05) is 50.4 Å². The number of hydrogen-bond donors (Lipinski definition) is 0. The first kappa shape index (κ1) is 36.4. The number of esters is 2. The third-order valence-electron chi connectivity index (χ3n) is 8.17. The zero-order valence-electron chi connectivity index (χ0n) is 26.5. The number of methoxy groups -OCH3 is 1. The summed E-state index contributed by atoms with van der Waals surface area (Å²) >= 11 is 0. The minimum absolute atomic E-state index is 0. The van der Waals surface area contributed by atoms with Crippen LogP contribution in [-0.4, -0.2) is 89.4 Å². The normalized spacial score (nSPS) is 14.9. The lowest BCUT2D eigenvalue weighted by Crippen LogP contribution is -2.47. The number of halogens is 2. The van der Waals surface area contributed by atoms with Gasteiger partial charge >= 0.3 is 11.9 Å². The summed E-state index contributed by atoms with van der Waals surface area (Å²) in [5.74, 6) is 0.904. The molecule has 3 aromatic rings. The van der Waals surface area contributed by atoms with Crippen LogP contribution in [-0.2, 0) is 14.3 Å². The number of hydrogen-bond acceptors (Lipinski definition) is 8. The molecule has 0 bridgehead atoms. The molecule has 0 amide bonds. The summed E-state index contributed by atoms with van der Waals surface area (Å²) in [6.45, 7) is 12.7. The molecule has 0 unspecified atom stereocenters. The smallest absolute Gasteiger partial charge is 0.341 e. The molecule has 0 radical (unpaired) electrons. The Labute approximate surface area is 279 Å². The zero-order chi connectivity index (χ0) is 30.4. The van der Waals surface area contributed by atoms with Crippen LogP contribution in [0, 0.1) is 0 Å². The molecule has 8 nitrogen and oxygen atoms in total. The molecule has 0 spiro atoms. The van der Waals surface area contributed by atoms with Gasteiger partial charge in [0.25, 0.3) is 0 Å². The minimum atomic E-state index is -1.51. The zero-order valence-corrected chi connectivity index (χ0v) is 29.1. The Hall–Kier alpha value is -3.08. The molecule has 0 N–H and O–H groups in total. The summed E-state index contributed by atoms with van der Waals surface area (Å²) in [6.07, 6.45) is 0.772. The van der Waals surface area contributed by atoms with Crippen molar-refractivity contribution in [3.63, 3.8) is 0 Å². The Bertz CT molecular complexity index is 1400. The van der Waals surface area contributed by atoms with Gasteiger partial charge in [-0.25, -0.2) is 4.79 Å². The topological polar surface area (TPSA) is 77.5 Å². The van der Waals surface area contributed by atoms with Crippen LogP contribution < -0.4 is 14.7 Å². The Morgan fingerprint density at radius 2 is 1.38 bits per heavy atom. The van der Waals surface area contributed by atoms with Gasteiger partial charge in [-0.15, -0.1) is 24.8 Å². The second-order valence-corrected chi connectivity index (χ2v) is 17.2. The van der Waals surface area contributed by atoms with Gasteiger partial charge in [-0.05, 0) is 30.7 Å². The lowest BCUT2D eigenvalue weighted by atomic mass is 9.88. The first-order valence-corrected chi connectivity index (χ1v) is 18.6. The van der Waals surface area contributed by atoms with Crippen LogP contribution in [0.3, 0.4) is 0 Å². The Morgan fingerprint density at radius 1 is 0.800 bits per heavy atom. The van der Waals surface area contributed by atoms with Gasteiger partial charge in [0.15, 0.2) is 0 Å². The van der Waals surface area contributed by atoms with Crippen LogP contribution >= 0.6 is 24.8 Å². The summed E-state index contributed by atoms with van der Waals surface area (Å²) < 4.78 is 22.9. The average molecular weight is 676 g/mol. The van der Waals surface area contributed by atoms with E-state index < -0.39 is 14.0 Å². The second-order valence-electron chi connectivity index (χ2n) is 12.1. The van der Waals surface area contributed by atoms with E-state index in [1.165, 1.54) is 5.19 Å². The summed E-state index contributed by atoms with van der Waals surface area (Å²) in [5, 5.41) is 1.24. The molecule has 0 saturated carbocycles. The molecule has 2 aliphatic rings. The van der Waals surface area contributed by atoms with Crippen molar-refractivity contribution < 1.29 is 28.5 Å². The largest absolute Gasteiger partial charge is 0.496 e. The Morgan fingerprint density at radius 3 is 1.96 bits per heavy atom. The highest BCUT2D eigenvalue weighted by Gasteiger charge is 2.33. The summed E-state index contributed by atoms with van der Waals surface area (Å²) in [7, 11) is 0.0834. The molecule has 1 fully saturated rings. The van der Waals surface area contributed by atoms with Crippen molar-refractivity contribution in [2.45, 2.75) is 32.0 Å². The number of fused-ring (bicyclic) bond motifs is 2. The van der Waals surface area contributed by atoms with E-state index in [9.17, 15) is 9.59 Å². The standard InChI is InChI=1S/C34H42N2O6Si.2ClH/c1-39-31-24-25(43(2,3)4)14-15-28(31)33(37)41-23-21-36-19-17-35(18-20-36)16-9-22-40-34(38)32-26-10-5-7-12-29(26)42-30-13-8-6-11-27(30)32;;/h5-8,10-15,24,32H,9,16-23H2,1-4H3;2*1H. The van der Waals surface area contributed by atoms with Crippen LogP contribution in [0.15, 0.2) is 66.7 Å². The predicted octanol–water partition coefficient (Wildman–Crippen LogP) is 5.73. The van der Waals surface area contributed by atoms with E-state index in [1.807, 2.05) is 66.7 Å². The molecule has 0 aliphatic carbocycles. The monoisotopic (exact) mass is 674 g/mol. The molecule has 3 aromatic carbocycles. The van der Waals surface area contributed by atoms with Crippen LogP contribution in [0.25, 0.3) is 0 Å². The molecule has 11 heteroatoms. The van der Waals surface area contributed by atoms with Gasteiger partial charge in [-0.3, -0.25) is 9.69 Å². The number of carbonyl (C=O) groups is 2. The highest BCUT2D eigenvalue weighted by Crippen LogP contribution is 2.44. The molecule has 0 atom stereocenters. The Balaban J connectivity index is 0.00000276. The molecule has 5 rings (SSSR count). The number of ether oxygens (including phenoxy) is 4. The minimum Gasteiger partial charge on any atom is -0.496 e. The molecule has 2 aliphatic heterocycles. The number of benzene rings is 3. The molecule has 0 aromatic heterocycles. The van der Waals surface area contributed by atoms with Gasteiger partial charge < -0.3 is 23.8 Å². The lowest BCUT2D eigenvalue weighted by Gasteiger charge is -2.34. The van der Waals surface area contributed by atoms with E-state index in [1.54, 1.807) is 7.11 Å². The third kappa shape index (κ3) is 9.01. The van der Waals surface area contributed by atoms with Crippen molar-refractivity contribution in [1.29, 1.82) is 0 Å². The van der Waals surface area contributed by atoms with Crippen LogP contribution in [0.4, 0.5) is 0 Å².